The fraction of sp³-hybridized carbons (Fsp3) is 0.167. The van der Waals surface area contributed by atoms with E-state index >= 15 is 0 Å². The first-order valence-corrected chi connectivity index (χ1v) is 18.0. The van der Waals surface area contributed by atoms with Crippen molar-refractivity contribution in [2.24, 2.45) is 5.92 Å². The van der Waals surface area contributed by atoms with E-state index in [9.17, 15) is 0 Å². The SMILES string of the molecule is C1=CCC2C(=C1)c1ccccc1-c1cc(C3C=C(C4C=Cc5c(c6ccccc6n5C5=CC=C(c6ccccc6)CC5)C4)C=CC3)ccc12. The number of rotatable bonds is 4. The van der Waals surface area contributed by atoms with Crippen LogP contribution in [0.25, 0.3) is 44.9 Å². The molecule has 0 radical (unpaired) electrons. The summed E-state index contributed by atoms with van der Waals surface area (Å²) in [6.45, 7) is 0. The molecule has 49 heavy (non-hydrogen) atoms. The number of allylic oxidation sites excluding steroid dienone is 13. The summed E-state index contributed by atoms with van der Waals surface area (Å²) in [6.07, 6.45) is 29.1. The molecule has 1 heteroatoms. The van der Waals surface area contributed by atoms with E-state index in [-0.39, 0.29) is 0 Å². The standard InChI is InChI=1S/C48H39N/c1-2-11-32(12-3-1)33-21-25-38(26-22-33)49-47-20-9-8-19-44(47)46-31-37(24-28-48(46)49)35-14-10-13-34(29-35)36-23-27-43-41-17-5-4-15-39(41)40-16-6-7-18-42(40)45(43)30-36/h1-12,14-16,18-21,23-25,27-30,34,37,41H,13,17,22,26,31H2. The largest absolute Gasteiger partial charge is 0.313 e. The van der Waals surface area contributed by atoms with Crippen molar-refractivity contribution in [1.82, 2.24) is 4.57 Å². The monoisotopic (exact) mass is 629 g/mol. The average molecular weight is 630 g/mol. The first kappa shape index (κ1) is 28.6. The number of benzene rings is 4. The van der Waals surface area contributed by atoms with E-state index in [0.717, 1.165) is 32.1 Å². The molecule has 1 nitrogen and oxygen atoms in total. The molecule has 3 atom stereocenters. The fourth-order valence-electron chi connectivity index (χ4n) is 9.15. The molecule has 0 aliphatic heterocycles. The van der Waals surface area contributed by atoms with E-state index < -0.39 is 0 Å². The van der Waals surface area contributed by atoms with Gasteiger partial charge in [0.15, 0.2) is 0 Å². The van der Waals surface area contributed by atoms with Crippen molar-refractivity contribution in [2.75, 3.05) is 0 Å². The molecule has 4 aromatic carbocycles. The molecule has 0 N–H and O–H groups in total. The van der Waals surface area contributed by atoms with Gasteiger partial charge in [-0.1, -0.05) is 140 Å². The maximum Gasteiger partial charge on any atom is 0.0534 e. The Labute approximate surface area is 289 Å². The van der Waals surface area contributed by atoms with Crippen LogP contribution in [0.2, 0.25) is 0 Å². The summed E-state index contributed by atoms with van der Waals surface area (Å²) in [6, 6.07) is 36.2. The third-order valence-electron chi connectivity index (χ3n) is 11.6. The number of hydrogen-bond donors (Lipinski definition) is 0. The van der Waals surface area contributed by atoms with Gasteiger partial charge in [-0.2, -0.15) is 0 Å². The van der Waals surface area contributed by atoms with Gasteiger partial charge in [-0.05, 0) is 106 Å². The van der Waals surface area contributed by atoms with Crippen molar-refractivity contribution in [3.05, 3.63) is 191 Å². The molecule has 0 bridgehead atoms. The van der Waals surface area contributed by atoms with Crippen LogP contribution < -0.4 is 0 Å². The molecule has 0 fully saturated rings. The maximum atomic E-state index is 2.57. The van der Waals surface area contributed by atoms with E-state index in [4.69, 9.17) is 0 Å². The first-order chi connectivity index (χ1) is 24.3. The van der Waals surface area contributed by atoms with Gasteiger partial charge in [0, 0.05) is 34.5 Å². The highest BCUT2D eigenvalue weighted by Crippen LogP contribution is 2.50. The molecular formula is C48H39N. The third-order valence-corrected chi connectivity index (χ3v) is 11.6. The Morgan fingerprint density at radius 3 is 2.41 bits per heavy atom. The quantitative estimate of drug-likeness (QED) is 0.186. The number of aromatic nitrogens is 1. The van der Waals surface area contributed by atoms with Crippen molar-refractivity contribution >= 4 is 33.8 Å². The third kappa shape index (κ3) is 4.75. The summed E-state index contributed by atoms with van der Waals surface area (Å²) in [5, 5.41) is 1.39. The molecule has 3 unspecified atom stereocenters. The molecule has 0 saturated carbocycles. The van der Waals surface area contributed by atoms with E-state index in [0.29, 0.717) is 17.8 Å². The summed E-state index contributed by atoms with van der Waals surface area (Å²) in [5.74, 6) is 1.21. The van der Waals surface area contributed by atoms with Crippen LogP contribution >= 0.6 is 0 Å². The predicted molar refractivity (Wildman–Crippen MR) is 207 cm³/mol. The molecule has 0 amide bonds. The Bertz CT molecular complexity index is 2360. The molecular weight excluding hydrogens is 591 g/mol. The van der Waals surface area contributed by atoms with Crippen molar-refractivity contribution in [3.8, 4) is 11.1 Å². The number of hydrogen-bond acceptors (Lipinski definition) is 0. The molecule has 0 saturated heterocycles. The minimum absolute atomic E-state index is 0.371. The molecule has 0 spiro atoms. The van der Waals surface area contributed by atoms with Gasteiger partial charge in [-0.3, -0.25) is 0 Å². The maximum absolute atomic E-state index is 2.57. The minimum Gasteiger partial charge on any atom is -0.313 e. The Balaban J connectivity index is 0.977. The highest BCUT2D eigenvalue weighted by Gasteiger charge is 2.31. The molecule has 5 aromatic rings. The molecule has 1 heterocycles. The summed E-state index contributed by atoms with van der Waals surface area (Å²) in [5.41, 5.74) is 18.3. The highest BCUT2D eigenvalue weighted by molar-refractivity contribution is 5.94. The Morgan fingerprint density at radius 1 is 0.653 bits per heavy atom. The lowest BCUT2D eigenvalue weighted by Gasteiger charge is -2.32. The van der Waals surface area contributed by atoms with Gasteiger partial charge < -0.3 is 4.57 Å². The van der Waals surface area contributed by atoms with Crippen LogP contribution in [0.4, 0.5) is 0 Å². The molecule has 236 valence electrons. The van der Waals surface area contributed by atoms with Crippen LogP contribution in [-0.2, 0) is 6.42 Å². The zero-order valence-electron chi connectivity index (χ0n) is 27.7. The van der Waals surface area contributed by atoms with Crippen molar-refractivity contribution in [1.29, 1.82) is 0 Å². The van der Waals surface area contributed by atoms with Gasteiger partial charge >= 0.3 is 0 Å². The Morgan fingerprint density at radius 2 is 1.51 bits per heavy atom. The highest BCUT2D eigenvalue weighted by atomic mass is 15.0. The smallest absolute Gasteiger partial charge is 0.0534 e. The second-order valence-electron chi connectivity index (χ2n) is 14.2. The molecule has 5 aliphatic rings. The molecule has 1 aromatic heterocycles. The van der Waals surface area contributed by atoms with Crippen molar-refractivity contribution in [2.45, 2.75) is 43.9 Å². The zero-order chi connectivity index (χ0) is 32.3. The topological polar surface area (TPSA) is 4.93 Å². The molecule has 10 rings (SSSR count). The van der Waals surface area contributed by atoms with Gasteiger partial charge in [-0.15, -0.1) is 0 Å². The van der Waals surface area contributed by atoms with Gasteiger partial charge in [0.25, 0.3) is 0 Å². The Kier molecular flexibility index (Phi) is 6.79. The zero-order valence-corrected chi connectivity index (χ0v) is 27.7. The second kappa shape index (κ2) is 11.6. The van der Waals surface area contributed by atoms with E-state index in [1.54, 1.807) is 0 Å². The van der Waals surface area contributed by atoms with Gasteiger partial charge in [-0.25, -0.2) is 0 Å². The summed E-state index contributed by atoms with van der Waals surface area (Å²) < 4.78 is 2.54. The van der Waals surface area contributed by atoms with Crippen LogP contribution in [0, 0.1) is 5.92 Å². The first-order valence-electron chi connectivity index (χ1n) is 18.0. The van der Waals surface area contributed by atoms with E-state index in [1.165, 1.54) is 78.0 Å². The van der Waals surface area contributed by atoms with Crippen molar-refractivity contribution < 1.29 is 0 Å². The number of nitrogens with zero attached hydrogens (tertiary/aromatic N) is 1. The van der Waals surface area contributed by atoms with Gasteiger partial charge in [0.05, 0.1) is 5.52 Å². The summed E-state index contributed by atoms with van der Waals surface area (Å²) >= 11 is 0. The summed E-state index contributed by atoms with van der Waals surface area (Å²) in [4.78, 5) is 0. The van der Waals surface area contributed by atoms with Gasteiger partial charge in [0.1, 0.15) is 0 Å². The fourth-order valence-corrected chi connectivity index (χ4v) is 9.15. The van der Waals surface area contributed by atoms with E-state index in [1.807, 2.05) is 0 Å². The summed E-state index contributed by atoms with van der Waals surface area (Å²) in [7, 11) is 0. The molecule has 5 aliphatic carbocycles. The van der Waals surface area contributed by atoms with Crippen LogP contribution in [0.15, 0.2) is 157 Å². The second-order valence-corrected chi connectivity index (χ2v) is 14.2. The lowest BCUT2D eigenvalue weighted by Crippen LogP contribution is -2.14. The lowest BCUT2D eigenvalue weighted by molar-refractivity contribution is 0.731. The average Bonchev–Trinajstić information content (AvgIpc) is 3.52. The van der Waals surface area contributed by atoms with Crippen LogP contribution in [-0.4, -0.2) is 4.57 Å². The van der Waals surface area contributed by atoms with Crippen LogP contribution in [0.5, 0.6) is 0 Å². The van der Waals surface area contributed by atoms with Crippen molar-refractivity contribution in [3.63, 3.8) is 0 Å². The van der Waals surface area contributed by atoms with Gasteiger partial charge in [0.2, 0.25) is 0 Å². The lowest BCUT2D eigenvalue weighted by atomic mass is 9.71. The minimum atomic E-state index is 0.371. The number of para-hydroxylation sites is 1. The predicted octanol–water partition coefficient (Wildman–Crippen LogP) is 12.3. The van der Waals surface area contributed by atoms with Crippen LogP contribution in [0.1, 0.15) is 71.0 Å². The normalized spacial score (nSPS) is 21.9. The van der Waals surface area contributed by atoms with Crippen LogP contribution in [0.3, 0.4) is 0 Å². The Hall–Kier alpha value is -5.40. The van der Waals surface area contributed by atoms with E-state index in [2.05, 4.69) is 162 Å². The number of fused-ring (bicyclic) bond motifs is 9.